The van der Waals surface area contributed by atoms with Gasteiger partial charge in [0, 0.05) is 18.6 Å². The lowest BCUT2D eigenvalue weighted by Crippen LogP contribution is -2.46. The molecule has 3 unspecified atom stereocenters. The van der Waals surface area contributed by atoms with Crippen LogP contribution in [0.1, 0.15) is 53.4 Å². The Morgan fingerprint density at radius 2 is 2.11 bits per heavy atom. The van der Waals surface area contributed by atoms with E-state index in [0.717, 1.165) is 25.7 Å². The van der Waals surface area contributed by atoms with E-state index >= 15 is 0 Å². The summed E-state index contributed by atoms with van der Waals surface area (Å²) in [6, 6.07) is 0.516. The lowest BCUT2D eigenvalue weighted by molar-refractivity contribution is 0.0519. The highest BCUT2D eigenvalue weighted by Crippen LogP contribution is 2.18. The molecule has 1 aliphatic carbocycles. The van der Waals surface area contributed by atoms with Crippen molar-refractivity contribution in [1.29, 1.82) is 0 Å². The topological polar surface area (TPSA) is 70.6 Å². The number of nitrogens with one attached hydrogen (secondary N) is 2. The van der Waals surface area contributed by atoms with Crippen molar-refractivity contribution in [1.82, 2.24) is 10.6 Å². The molecule has 1 aliphatic rings. The standard InChI is InChI=1S/C14H28N2O3/c1-10(9-15-13(18)19-14(2,3)4)16-11-6-5-7-12(17)8-11/h10-12,16-17H,5-9H2,1-4H3,(H,15,18). The number of hydrogen-bond donors (Lipinski definition) is 3. The fourth-order valence-corrected chi connectivity index (χ4v) is 2.33. The van der Waals surface area contributed by atoms with Crippen molar-refractivity contribution in [3.63, 3.8) is 0 Å². The number of hydrogen-bond acceptors (Lipinski definition) is 4. The summed E-state index contributed by atoms with van der Waals surface area (Å²) >= 11 is 0. The van der Waals surface area contributed by atoms with Crippen LogP contribution >= 0.6 is 0 Å². The van der Waals surface area contributed by atoms with Gasteiger partial charge in [-0.25, -0.2) is 4.79 Å². The number of aliphatic hydroxyl groups excluding tert-OH is 1. The van der Waals surface area contributed by atoms with Crippen LogP contribution in [0.2, 0.25) is 0 Å². The number of amides is 1. The summed E-state index contributed by atoms with van der Waals surface area (Å²) in [4.78, 5) is 11.5. The third-order valence-electron chi connectivity index (χ3n) is 3.12. The molecule has 0 spiro atoms. The summed E-state index contributed by atoms with van der Waals surface area (Å²) in [5.41, 5.74) is -0.464. The second kappa shape index (κ2) is 7.10. The van der Waals surface area contributed by atoms with Gasteiger partial charge in [-0.1, -0.05) is 0 Å². The van der Waals surface area contributed by atoms with Gasteiger partial charge in [-0.05, 0) is 53.4 Å². The largest absolute Gasteiger partial charge is 0.444 e. The number of aliphatic hydroxyl groups is 1. The zero-order valence-electron chi connectivity index (χ0n) is 12.5. The SMILES string of the molecule is CC(CNC(=O)OC(C)(C)C)NC1CCCC(O)C1. The van der Waals surface area contributed by atoms with Crippen LogP contribution in [0.5, 0.6) is 0 Å². The van der Waals surface area contributed by atoms with E-state index in [9.17, 15) is 9.90 Å². The van der Waals surface area contributed by atoms with E-state index in [1.54, 1.807) is 0 Å². The Labute approximate surface area is 116 Å². The van der Waals surface area contributed by atoms with Crippen LogP contribution in [0.15, 0.2) is 0 Å². The molecule has 0 saturated heterocycles. The lowest BCUT2D eigenvalue weighted by atomic mass is 9.92. The molecule has 5 heteroatoms. The minimum atomic E-state index is -0.464. The highest BCUT2D eigenvalue weighted by atomic mass is 16.6. The van der Waals surface area contributed by atoms with E-state index in [1.807, 2.05) is 27.7 Å². The van der Waals surface area contributed by atoms with Crippen LogP contribution in [-0.2, 0) is 4.74 Å². The summed E-state index contributed by atoms with van der Waals surface area (Å²) in [5.74, 6) is 0. The maximum absolute atomic E-state index is 11.5. The minimum Gasteiger partial charge on any atom is -0.444 e. The lowest BCUT2D eigenvalue weighted by Gasteiger charge is -2.29. The molecule has 0 aromatic rings. The average Bonchev–Trinajstić information content (AvgIpc) is 2.24. The number of carbonyl (C=O) groups is 1. The summed E-state index contributed by atoms with van der Waals surface area (Å²) in [6.45, 7) is 8.09. The first-order chi connectivity index (χ1) is 8.76. The van der Waals surface area contributed by atoms with Gasteiger partial charge in [-0.3, -0.25) is 0 Å². The molecule has 0 radical (unpaired) electrons. The van der Waals surface area contributed by atoms with Crippen LogP contribution in [-0.4, -0.2) is 41.5 Å². The van der Waals surface area contributed by atoms with E-state index in [4.69, 9.17) is 4.74 Å². The first-order valence-corrected chi connectivity index (χ1v) is 7.17. The molecule has 112 valence electrons. The normalized spacial score (nSPS) is 25.7. The van der Waals surface area contributed by atoms with E-state index in [2.05, 4.69) is 10.6 Å². The highest BCUT2D eigenvalue weighted by molar-refractivity contribution is 5.67. The molecule has 0 bridgehead atoms. The Morgan fingerprint density at radius 1 is 1.42 bits per heavy atom. The first-order valence-electron chi connectivity index (χ1n) is 7.17. The van der Waals surface area contributed by atoms with Gasteiger partial charge in [0.05, 0.1) is 6.10 Å². The Kier molecular flexibility index (Phi) is 6.07. The second-order valence-corrected chi connectivity index (χ2v) is 6.47. The van der Waals surface area contributed by atoms with Gasteiger partial charge in [0.25, 0.3) is 0 Å². The van der Waals surface area contributed by atoms with Crippen molar-refractivity contribution in [2.75, 3.05) is 6.54 Å². The van der Waals surface area contributed by atoms with Crippen LogP contribution in [0.25, 0.3) is 0 Å². The molecule has 1 fully saturated rings. The van der Waals surface area contributed by atoms with E-state index < -0.39 is 5.60 Å². The minimum absolute atomic E-state index is 0.169. The van der Waals surface area contributed by atoms with Crippen molar-refractivity contribution in [2.45, 2.75) is 77.2 Å². The van der Waals surface area contributed by atoms with Gasteiger partial charge in [-0.2, -0.15) is 0 Å². The molecule has 3 N–H and O–H groups in total. The monoisotopic (exact) mass is 272 g/mol. The number of alkyl carbamates (subject to hydrolysis) is 1. The van der Waals surface area contributed by atoms with Crippen LogP contribution in [0.4, 0.5) is 4.79 Å². The van der Waals surface area contributed by atoms with Crippen molar-refractivity contribution < 1.29 is 14.6 Å². The molecule has 19 heavy (non-hydrogen) atoms. The van der Waals surface area contributed by atoms with Crippen molar-refractivity contribution in [3.05, 3.63) is 0 Å². The zero-order valence-corrected chi connectivity index (χ0v) is 12.5. The van der Waals surface area contributed by atoms with Gasteiger partial charge >= 0.3 is 6.09 Å². The molecule has 1 rings (SSSR count). The van der Waals surface area contributed by atoms with E-state index in [0.29, 0.717) is 12.6 Å². The summed E-state index contributed by atoms with van der Waals surface area (Å²) in [6.07, 6.45) is 3.29. The van der Waals surface area contributed by atoms with Crippen molar-refractivity contribution >= 4 is 6.09 Å². The maximum atomic E-state index is 11.5. The Bertz CT molecular complexity index is 289. The molecular formula is C14H28N2O3. The van der Waals surface area contributed by atoms with Gasteiger partial charge < -0.3 is 20.5 Å². The maximum Gasteiger partial charge on any atom is 0.407 e. The molecule has 3 atom stereocenters. The average molecular weight is 272 g/mol. The van der Waals surface area contributed by atoms with Gasteiger partial charge in [-0.15, -0.1) is 0 Å². The van der Waals surface area contributed by atoms with Gasteiger partial charge in [0.2, 0.25) is 0 Å². The van der Waals surface area contributed by atoms with E-state index in [-0.39, 0.29) is 18.2 Å². The molecular weight excluding hydrogens is 244 g/mol. The van der Waals surface area contributed by atoms with Crippen molar-refractivity contribution in [3.8, 4) is 0 Å². The fraction of sp³-hybridized carbons (Fsp3) is 0.929. The third kappa shape index (κ3) is 7.38. The molecule has 0 aromatic heterocycles. The molecule has 0 aromatic carbocycles. The summed E-state index contributed by atoms with van der Waals surface area (Å²) in [7, 11) is 0. The van der Waals surface area contributed by atoms with Crippen LogP contribution in [0.3, 0.4) is 0 Å². The smallest absolute Gasteiger partial charge is 0.407 e. The predicted molar refractivity (Wildman–Crippen MR) is 75.1 cm³/mol. The van der Waals surface area contributed by atoms with Gasteiger partial charge in [0.1, 0.15) is 5.60 Å². The molecule has 5 nitrogen and oxygen atoms in total. The highest BCUT2D eigenvalue weighted by Gasteiger charge is 2.22. The van der Waals surface area contributed by atoms with Gasteiger partial charge in [0.15, 0.2) is 0 Å². The van der Waals surface area contributed by atoms with E-state index in [1.165, 1.54) is 0 Å². The summed E-state index contributed by atoms with van der Waals surface area (Å²) < 4.78 is 5.18. The predicted octanol–water partition coefficient (Wildman–Crippen LogP) is 1.79. The Hall–Kier alpha value is -0.810. The first kappa shape index (κ1) is 16.2. The summed E-state index contributed by atoms with van der Waals surface area (Å²) in [5, 5.41) is 15.8. The van der Waals surface area contributed by atoms with Crippen LogP contribution < -0.4 is 10.6 Å². The molecule has 1 saturated carbocycles. The third-order valence-corrected chi connectivity index (χ3v) is 3.12. The fourth-order valence-electron chi connectivity index (χ4n) is 2.33. The van der Waals surface area contributed by atoms with Crippen molar-refractivity contribution in [2.24, 2.45) is 0 Å². The quantitative estimate of drug-likeness (QED) is 0.730. The molecule has 0 aliphatic heterocycles. The number of carbonyl (C=O) groups excluding carboxylic acids is 1. The molecule has 0 heterocycles. The number of rotatable bonds is 4. The molecule has 1 amide bonds. The van der Waals surface area contributed by atoms with Crippen LogP contribution in [0, 0.1) is 0 Å². The zero-order chi connectivity index (χ0) is 14.5. The Morgan fingerprint density at radius 3 is 2.68 bits per heavy atom. The second-order valence-electron chi connectivity index (χ2n) is 6.47. The Balaban J connectivity index is 2.20. The number of ether oxygens (including phenoxy) is 1.